The first-order valence-electron chi connectivity index (χ1n) is 6.69. The van der Waals surface area contributed by atoms with E-state index in [1.54, 1.807) is 0 Å². The van der Waals surface area contributed by atoms with E-state index in [4.69, 9.17) is 5.73 Å². The molecular formula is C13H26N2O. The molecule has 0 bridgehead atoms. The van der Waals surface area contributed by atoms with Crippen LogP contribution in [-0.2, 0) is 4.79 Å². The molecule has 3 atom stereocenters. The number of rotatable bonds is 5. The highest BCUT2D eigenvalue weighted by Gasteiger charge is 2.22. The van der Waals surface area contributed by atoms with E-state index in [0.29, 0.717) is 6.04 Å². The van der Waals surface area contributed by atoms with E-state index in [0.717, 1.165) is 38.0 Å². The molecule has 2 unspecified atom stereocenters. The Labute approximate surface area is 99.2 Å². The second-order valence-corrected chi connectivity index (χ2v) is 5.23. The minimum absolute atomic E-state index is 0.0487. The predicted octanol–water partition coefficient (Wildman–Crippen LogP) is 2.20. The van der Waals surface area contributed by atoms with Crippen LogP contribution in [0.3, 0.4) is 0 Å². The van der Waals surface area contributed by atoms with Crippen LogP contribution in [0.2, 0.25) is 0 Å². The summed E-state index contributed by atoms with van der Waals surface area (Å²) in [4.78, 5) is 11.8. The zero-order valence-corrected chi connectivity index (χ0v) is 10.7. The zero-order valence-electron chi connectivity index (χ0n) is 10.7. The van der Waals surface area contributed by atoms with Crippen molar-refractivity contribution >= 4 is 5.91 Å². The molecule has 16 heavy (non-hydrogen) atoms. The summed E-state index contributed by atoms with van der Waals surface area (Å²) in [6, 6.07) is 0.0566. The van der Waals surface area contributed by atoms with Crippen LogP contribution in [-0.4, -0.2) is 18.0 Å². The summed E-state index contributed by atoms with van der Waals surface area (Å²) in [7, 11) is 0. The van der Waals surface area contributed by atoms with E-state index in [9.17, 15) is 4.79 Å². The van der Waals surface area contributed by atoms with Crippen molar-refractivity contribution < 1.29 is 4.79 Å². The third kappa shape index (κ3) is 4.52. The van der Waals surface area contributed by atoms with Gasteiger partial charge in [-0.2, -0.15) is 0 Å². The first-order chi connectivity index (χ1) is 7.63. The van der Waals surface area contributed by atoms with Crippen molar-refractivity contribution in [3.8, 4) is 0 Å². The van der Waals surface area contributed by atoms with Gasteiger partial charge in [0.25, 0.3) is 0 Å². The SMILES string of the molecule is CCCC[C@H](N)C(=O)NC1CCCC(C)C1. The summed E-state index contributed by atoms with van der Waals surface area (Å²) in [6.45, 7) is 4.38. The molecule has 0 saturated heterocycles. The molecule has 94 valence electrons. The van der Waals surface area contributed by atoms with Gasteiger partial charge in [-0.15, -0.1) is 0 Å². The van der Waals surface area contributed by atoms with Crippen molar-refractivity contribution in [1.82, 2.24) is 5.32 Å². The van der Waals surface area contributed by atoms with Gasteiger partial charge in [0.15, 0.2) is 0 Å². The third-order valence-electron chi connectivity index (χ3n) is 3.49. The molecule has 1 amide bonds. The van der Waals surface area contributed by atoms with E-state index >= 15 is 0 Å². The van der Waals surface area contributed by atoms with Crippen molar-refractivity contribution in [3.05, 3.63) is 0 Å². The van der Waals surface area contributed by atoms with Gasteiger partial charge >= 0.3 is 0 Å². The lowest BCUT2D eigenvalue weighted by molar-refractivity contribution is -0.123. The molecular weight excluding hydrogens is 200 g/mol. The molecule has 1 saturated carbocycles. The molecule has 0 aromatic heterocycles. The second-order valence-electron chi connectivity index (χ2n) is 5.23. The minimum atomic E-state index is -0.308. The highest BCUT2D eigenvalue weighted by atomic mass is 16.2. The second kappa shape index (κ2) is 6.89. The fourth-order valence-corrected chi connectivity index (χ4v) is 2.43. The predicted molar refractivity (Wildman–Crippen MR) is 67.1 cm³/mol. The van der Waals surface area contributed by atoms with Gasteiger partial charge in [-0.3, -0.25) is 4.79 Å². The van der Waals surface area contributed by atoms with Crippen molar-refractivity contribution in [3.63, 3.8) is 0 Å². The summed E-state index contributed by atoms with van der Waals surface area (Å²) < 4.78 is 0. The first-order valence-corrected chi connectivity index (χ1v) is 6.69. The monoisotopic (exact) mass is 226 g/mol. The number of hydrogen-bond acceptors (Lipinski definition) is 2. The number of nitrogens with one attached hydrogen (secondary N) is 1. The smallest absolute Gasteiger partial charge is 0.237 e. The van der Waals surface area contributed by atoms with E-state index in [1.165, 1.54) is 12.8 Å². The Balaban J connectivity index is 2.26. The molecule has 0 aromatic rings. The zero-order chi connectivity index (χ0) is 12.0. The maximum atomic E-state index is 11.8. The van der Waals surface area contributed by atoms with E-state index in [1.807, 2.05) is 0 Å². The van der Waals surface area contributed by atoms with Crippen molar-refractivity contribution in [2.24, 2.45) is 11.7 Å². The van der Waals surface area contributed by atoms with Crippen LogP contribution in [0.4, 0.5) is 0 Å². The summed E-state index contributed by atoms with van der Waals surface area (Å²) in [5, 5.41) is 3.09. The van der Waals surface area contributed by atoms with Gasteiger partial charge in [0.1, 0.15) is 0 Å². The molecule has 1 rings (SSSR count). The van der Waals surface area contributed by atoms with Crippen LogP contribution in [0.1, 0.15) is 58.8 Å². The lowest BCUT2D eigenvalue weighted by Crippen LogP contribution is -2.46. The Hall–Kier alpha value is -0.570. The largest absolute Gasteiger partial charge is 0.352 e. The number of carbonyl (C=O) groups is 1. The van der Waals surface area contributed by atoms with E-state index in [2.05, 4.69) is 19.2 Å². The van der Waals surface area contributed by atoms with Crippen LogP contribution in [0.25, 0.3) is 0 Å². The van der Waals surface area contributed by atoms with Gasteiger partial charge in [0.2, 0.25) is 5.91 Å². The maximum Gasteiger partial charge on any atom is 0.237 e. The van der Waals surface area contributed by atoms with Gasteiger partial charge in [0, 0.05) is 6.04 Å². The maximum absolute atomic E-state index is 11.8. The highest BCUT2D eigenvalue weighted by Crippen LogP contribution is 2.23. The molecule has 3 N–H and O–H groups in total. The fourth-order valence-electron chi connectivity index (χ4n) is 2.43. The Bertz CT molecular complexity index is 218. The number of carbonyl (C=O) groups excluding carboxylic acids is 1. The normalized spacial score (nSPS) is 27.4. The van der Waals surface area contributed by atoms with Gasteiger partial charge in [-0.05, 0) is 25.2 Å². The third-order valence-corrected chi connectivity index (χ3v) is 3.49. The Kier molecular flexibility index (Phi) is 5.81. The molecule has 3 nitrogen and oxygen atoms in total. The molecule has 3 heteroatoms. The number of amides is 1. The number of nitrogens with two attached hydrogens (primary N) is 1. The Morgan fingerprint density at radius 2 is 2.25 bits per heavy atom. The molecule has 0 radical (unpaired) electrons. The molecule has 1 fully saturated rings. The van der Waals surface area contributed by atoms with E-state index < -0.39 is 0 Å². The Morgan fingerprint density at radius 3 is 2.88 bits per heavy atom. The first kappa shape index (κ1) is 13.5. The average molecular weight is 226 g/mol. The average Bonchev–Trinajstić information content (AvgIpc) is 2.25. The van der Waals surface area contributed by atoms with Crippen LogP contribution in [0.5, 0.6) is 0 Å². The quantitative estimate of drug-likeness (QED) is 0.755. The fraction of sp³-hybridized carbons (Fsp3) is 0.923. The summed E-state index contributed by atoms with van der Waals surface area (Å²) in [6.07, 6.45) is 7.72. The molecule has 1 aliphatic carbocycles. The van der Waals surface area contributed by atoms with Crippen LogP contribution >= 0.6 is 0 Å². The minimum Gasteiger partial charge on any atom is -0.352 e. The molecule has 0 spiro atoms. The Morgan fingerprint density at radius 1 is 1.50 bits per heavy atom. The van der Waals surface area contributed by atoms with Crippen LogP contribution < -0.4 is 11.1 Å². The summed E-state index contributed by atoms with van der Waals surface area (Å²) in [5.41, 5.74) is 5.84. The van der Waals surface area contributed by atoms with Crippen LogP contribution in [0.15, 0.2) is 0 Å². The summed E-state index contributed by atoms with van der Waals surface area (Å²) in [5.74, 6) is 0.790. The van der Waals surface area contributed by atoms with Crippen molar-refractivity contribution in [2.45, 2.75) is 70.9 Å². The van der Waals surface area contributed by atoms with Gasteiger partial charge < -0.3 is 11.1 Å². The molecule has 0 aliphatic heterocycles. The molecule has 0 aromatic carbocycles. The topological polar surface area (TPSA) is 55.1 Å². The summed E-state index contributed by atoms with van der Waals surface area (Å²) >= 11 is 0. The lowest BCUT2D eigenvalue weighted by Gasteiger charge is -2.28. The van der Waals surface area contributed by atoms with E-state index in [-0.39, 0.29) is 11.9 Å². The number of unbranched alkanes of at least 4 members (excludes halogenated alkanes) is 1. The van der Waals surface area contributed by atoms with Gasteiger partial charge in [-0.1, -0.05) is 39.5 Å². The van der Waals surface area contributed by atoms with Gasteiger partial charge in [-0.25, -0.2) is 0 Å². The highest BCUT2D eigenvalue weighted by molar-refractivity contribution is 5.81. The van der Waals surface area contributed by atoms with Crippen LogP contribution in [0, 0.1) is 5.92 Å². The molecule has 1 aliphatic rings. The number of hydrogen-bond donors (Lipinski definition) is 2. The van der Waals surface area contributed by atoms with Crippen molar-refractivity contribution in [2.75, 3.05) is 0 Å². The molecule has 0 heterocycles. The standard InChI is InChI=1S/C13H26N2O/c1-3-4-8-12(14)13(16)15-11-7-5-6-10(2)9-11/h10-12H,3-9,14H2,1-2H3,(H,15,16)/t10?,11?,12-/m0/s1. The van der Waals surface area contributed by atoms with Crippen molar-refractivity contribution in [1.29, 1.82) is 0 Å². The van der Waals surface area contributed by atoms with Gasteiger partial charge in [0.05, 0.1) is 6.04 Å². The lowest BCUT2D eigenvalue weighted by atomic mass is 9.87.